The van der Waals surface area contributed by atoms with Gasteiger partial charge in [0.05, 0.1) is 6.54 Å². The first-order chi connectivity index (χ1) is 8.34. The molecule has 0 aliphatic carbocycles. The van der Waals surface area contributed by atoms with Crippen molar-refractivity contribution in [2.24, 2.45) is 4.74 Å². The second-order valence-corrected chi connectivity index (χ2v) is 5.21. The Kier molecular flexibility index (Phi) is 2.91. The molecule has 1 fully saturated rings. The van der Waals surface area contributed by atoms with Gasteiger partial charge in [0.2, 0.25) is 0 Å². The Bertz CT molecular complexity index is 561. The van der Waals surface area contributed by atoms with Gasteiger partial charge in [0.1, 0.15) is 6.67 Å². The highest BCUT2D eigenvalue weighted by atomic mass is 31.1. The average Bonchev–Trinajstić information content (AvgIpc) is 3.12. The van der Waals surface area contributed by atoms with Gasteiger partial charge in [0, 0.05) is 17.1 Å². The van der Waals surface area contributed by atoms with Crippen LogP contribution in [-0.4, -0.2) is 23.0 Å². The van der Waals surface area contributed by atoms with E-state index in [1.54, 1.807) is 4.78 Å². The summed E-state index contributed by atoms with van der Waals surface area (Å²) in [7, 11) is -1.57. The summed E-state index contributed by atoms with van der Waals surface area (Å²) in [6.45, 7) is 1.28. The molecule has 0 bridgehead atoms. The van der Waals surface area contributed by atoms with E-state index >= 15 is 0 Å². The van der Waals surface area contributed by atoms with Crippen LogP contribution in [0.1, 0.15) is 5.56 Å². The fourth-order valence-electron chi connectivity index (χ4n) is 1.82. The highest BCUT2D eigenvalue weighted by Crippen LogP contribution is 2.25. The fourth-order valence-corrected chi connectivity index (χ4v) is 2.55. The molecular formula is C11H13N4OP. The molecule has 17 heavy (non-hydrogen) atoms. The van der Waals surface area contributed by atoms with E-state index in [0.29, 0.717) is 13.2 Å². The van der Waals surface area contributed by atoms with E-state index < -0.39 is 8.09 Å². The topological polar surface area (TPSA) is 76.2 Å². The van der Waals surface area contributed by atoms with Crippen LogP contribution in [0.5, 0.6) is 0 Å². The van der Waals surface area contributed by atoms with E-state index in [0.717, 1.165) is 11.9 Å². The molecule has 88 valence electrons. The van der Waals surface area contributed by atoms with Crippen LogP contribution in [0.3, 0.4) is 0 Å². The molecule has 3 rings (SSSR count). The van der Waals surface area contributed by atoms with Gasteiger partial charge in [-0.15, -0.1) is 0 Å². The van der Waals surface area contributed by atoms with Crippen molar-refractivity contribution in [2.75, 3.05) is 13.2 Å². The zero-order valence-corrected chi connectivity index (χ0v) is 10.2. The summed E-state index contributed by atoms with van der Waals surface area (Å²) < 4.78 is 5.76. The van der Waals surface area contributed by atoms with Crippen molar-refractivity contribution in [3.63, 3.8) is 0 Å². The highest BCUT2D eigenvalue weighted by Gasteiger charge is 2.27. The average molecular weight is 248 g/mol. The van der Waals surface area contributed by atoms with Crippen molar-refractivity contribution in [1.82, 2.24) is 15.2 Å². The van der Waals surface area contributed by atoms with Crippen LogP contribution >= 0.6 is 8.09 Å². The second-order valence-electron chi connectivity index (χ2n) is 3.94. The molecule has 1 aromatic carbocycles. The minimum absolute atomic E-state index is 0.592. The van der Waals surface area contributed by atoms with Gasteiger partial charge in [-0.3, -0.25) is 0 Å². The molecule has 1 aliphatic heterocycles. The number of nitrogens with zero attached hydrogens (tertiary/aromatic N) is 2. The monoisotopic (exact) mass is 248 g/mol. The van der Waals surface area contributed by atoms with Crippen LogP contribution in [0.25, 0.3) is 10.9 Å². The smallest absolute Gasteiger partial charge is 0.281 e. The van der Waals surface area contributed by atoms with Crippen LogP contribution < -0.4 is 10.3 Å². The summed E-state index contributed by atoms with van der Waals surface area (Å²) >= 11 is 0. The number of aromatic nitrogens is 1. The van der Waals surface area contributed by atoms with E-state index in [1.165, 1.54) is 10.9 Å². The maximum absolute atomic E-state index is 11.4. The van der Waals surface area contributed by atoms with Crippen LogP contribution in [0.2, 0.25) is 0 Å². The molecule has 0 spiro atoms. The van der Waals surface area contributed by atoms with E-state index in [4.69, 9.17) is 0 Å². The molecule has 2 heterocycles. The van der Waals surface area contributed by atoms with Crippen LogP contribution in [0.15, 0.2) is 35.2 Å². The predicted octanol–water partition coefficient (Wildman–Crippen LogP) is 1.34. The number of hydrazine groups is 1. The number of hydrogen-bond donors (Lipinski definition) is 2. The summed E-state index contributed by atoms with van der Waals surface area (Å²) in [5.74, 6) is 0. The Morgan fingerprint density at radius 2 is 2.24 bits per heavy atom. The normalized spacial score (nSPS) is 19.8. The number of fused-ring (bicyclic) bond motifs is 1. The fraction of sp³-hybridized carbons (Fsp3) is 0.273. The second kappa shape index (κ2) is 4.55. The SMILES string of the molecule is [O-][P+](=NCCc1c[nH]c2ccccc12)N1CN1. The molecule has 2 aromatic rings. The van der Waals surface area contributed by atoms with Crippen molar-refractivity contribution in [3.05, 3.63) is 36.0 Å². The molecule has 0 amide bonds. The van der Waals surface area contributed by atoms with Crippen molar-refractivity contribution < 1.29 is 4.89 Å². The zero-order valence-electron chi connectivity index (χ0n) is 9.26. The van der Waals surface area contributed by atoms with Gasteiger partial charge in [-0.2, -0.15) is 5.43 Å². The zero-order chi connectivity index (χ0) is 11.7. The molecule has 1 saturated heterocycles. The number of rotatable bonds is 4. The molecule has 2 N–H and O–H groups in total. The molecule has 0 saturated carbocycles. The van der Waals surface area contributed by atoms with Gasteiger partial charge in [-0.05, 0) is 22.8 Å². The lowest BCUT2D eigenvalue weighted by Crippen LogP contribution is -1.99. The summed E-state index contributed by atoms with van der Waals surface area (Å²) in [6.07, 6.45) is 2.82. The number of nitrogens with one attached hydrogen (secondary N) is 2. The number of para-hydroxylation sites is 1. The Hall–Kier alpha value is -1.26. The van der Waals surface area contributed by atoms with Crippen molar-refractivity contribution in [2.45, 2.75) is 6.42 Å². The van der Waals surface area contributed by atoms with Crippen LogP contribution in [0.4, 0.5) is 0 Å². The van der Waals surface area contributed by atoms with Gasteiger partial charge in [-0.1, -0.05) is 22.9 Å². The highest BCUT2D eigenvalue weighted by molar-refractivity contribution is 7.36. The first-order valence-corrected chi connectivity index (χ1v) is 6.72. The minimum Gasteiger partial charge on any atom is -0.594 e. The van der Waals surface area contributed by atoms with Gasteiger partial charge in [-0.25, -0.2) is 0 Å². The lowest BCUT2D eigenvalue weighted by Gasteiger charge is -1.95. The van der Waals surface area contributed by atoms with E-state index in [1.807, 2.05) is 18.3 Å². The van der Waals surface area contributed by atoms with Crippen molar-refractivity contribution in [1.29, 1.82) is 0 Å². The molecule has 2 atom stereocenters. The van der Waals surface area contributed by atoms with E-state index in [2.05, 4.69) is 27.3 Å². The van der Waals surface area contributed by atoms with E-state index in [-0.39, 0.29) is 0 Å². The Morgan fingerprint density at radius 3 is 3.06 bits per heavy atom. The van der Waals surface area contributed by atoms with Crippen molar-refractivity contribution >= 4 is 19.0 Å². The standard InChI is InChI=1S/C11H13N4OP/c16-17(15-8-13-15)14-6-5-9-7-12-11-4-2-1-3-10(9)11/h1-4,7,12-13H,5-6,8H2. The maximum atomic E-state index is 11.4. The molecule has 6 heteroatoms. The van der Waals surface area contributed by atoms with Gasteiger partial charge in [0.15, 0.2) is 0 Å². The summed E-state index contributed by atoms with van der Waals surface area (Å²) in [5.41, 5.74) is 5.22. The Morgan fingerprint density at radius 1 is 1.41 bits per heavy atom. The van der Waals surface area contributed by atoms with Gasteiger partial charge in [0.25, 0.3) is 8.09 Å². The quantitative estimate of drug-likeness (QED) is 0.633. The van der Waals surface area contributed by atoms with Crippen LogP contribution in [-0.2, 0) is 6.42 Å². The number of benzene rings is 1. The lowest BCUT2D eigenvalue weighted by molar-refractivity contribution is -0.162. The summed E-state index contributed by atoms with van der Waals surface area (Å²) in [4.78, 5) is 14.7. The third kappa shape index (κ3) is 2.37. The third-order valence-corrected chi connectivity index (χ3v) is 3.92. The van der Waals surface area contributed by atoms with E-state index in [9.17, 15) is 4.89 Å². The van der Waals surface area contributed by atoms with Gasteiger partial charge < -0.3 is 9.88 Å². The molecule has 2 unspecified atom stereocenters. The first kappa shape index (κ1) is 10.9. The summed E-state index contributed by atoms with van der Waals surface area (Å²) in [6, 6.07) is 8.18. The first-order valence-electron chi connectivity index (χ1n) is 5.55. The Labute approximate surface area is 100 Å². The number of H-pyrrole nitrogens is 1. The number of hydrogen-bond acceptors (Lipinski definition) is 3. The third-order valence-electron chi connectivity index (χ3n) is 2.78. The molecule has 1 aliphatic rings. The molecule has 1 aromatic heterocycles. The molecular weight excluding hydrogens is 235 g/mol. The minimum atomic E-state index is -1.57. The molecule has 5 nitrogen and oxygen atoms in total. The van der Waals surface area contributed by atoms with Gasteiger partial charge >= 0.3 is 0 Å². The predicted molar refractivity (Wildman–Crippen MR) is 66.1 cm³/mol. The Balaban J connectivity index is 1.70. The summed E-state index contributed by atoms with van der Waals surface area (Å²) in [5, 5.41) is 1.22. The largest absolute Gasteiger partial charge is 0.594 e. The van der Waals surface area contributed by atoms with Crippen LogP contribution in [0, 0.1) is 0 Å². The van der Waals surface area contributed by atoms with Crippen molar-refractivity contribution in [3.8, 4) is 0 Å². The maximum Gasteiger partial charge on any atom is 0.281 e. The molecule has 0 radical (unpaired) electrons. The number of aromatic amines is 1. The lowest BCUT2D eigenvalue weighted by atomic mass is 10.1.